The van der Waals surface area contributed by atoms with Crippen LogP contribution in [-0.4, -0.2) is 9.97 Å². The van der Waals surface area contributed by atoms with Crippen LogP contribution >= 0.6 is 0 Å². The molecule has 0 saturated heterocycles. The molecule has 166 valence electrons. The quantitative estimate of drug-likeness (QED) is 0.273. The van der Waals surface area contributed by atoms with Gasteiger partial charge in [-0.3, -0.25) is 0 Å². The van der Waals surface area contributed by atoms with Crippen LogP contribution in [0.25, 0.3) is 45.1 Å². The summed E-state index contributed by atoms with van der Waals surface area (Å²) in [6.07, 6.45) is 1.84. The van der Waals surface area contributed by atoms with Crippen LogP contribution in [0.5, 0.6) is 0 Å². The van der Waals surface area contributed by atoms with Gasteiger partial charge in [0.25, 0.3) is 0 Å². The minimum Gasteiger partial charge on any atom is -0.436 e. The van der Waals surface area contributed by atoms with Gasteiger partial charge in [-0.2, -0.15) is 0 Å². The SMILES string of the molecule is Cc1cc(CCc2cc(C)cc(-c3nc4ccccc4o3)c2)cc(-c2nc3ccccc3o2)c1. The number of oxazole rings is 2. The van der Waals surface area contributed by atoms with Crippen LogP contribution in [0.2, 0.25) is 0 Å². The molecule has 0 aliphatic heterocycles. The first-order valence-electron chi connectivity index (χ1n) is 11.5. The highest BCUT2D eigenvalue weighted by Gasteiger charge is 2.12. The van der Waals surface area contributed by atoms with Crippen molar-refractivity contribution in [2.24, 2.45) is 0 Å². The lowest BCUT2D eigenvalue weighted by Gasteiger charge is -2.08. The molecule has 0 aliphatic rings. The van der Waals surface area contributed by atoms with Crippen molar-refractivity contribution < 1.29 is 8.83 Å². The van der Waals surface area contributed by atoms with E-state index >= 15 is 0 Å². The summed E-state index contributed by atoms with van der Waals surface area (Å²) in [6, 6.07) is 28.9. The summed E-state index contributed by atoms with van der Waals surface area (Å²) >= 11 is 0. The molecule has 0 saturated carbocycles. The summed E-state index contributed by atoms with van der Waals surface area (Å²) in [6.45, 7) is 4.24. The Balaban J connectivity index is 1.27. The zero-order valence-electron chi connectivity index (χ0n) is 19.2. The van der Waals surface area contributed by atoms with Crippen LogP contribution in [0.15, 0.2) is 93.8 Å². The maximum Gasteiger partial charge on any atom is 0.227 e. The zero-order chi connectivity index (χ0) is 23.1. The normalized spacial score (nSPS) is 11.5. The summed E-state index contributed by atoms with van der Waals surface area (Å²) in [5, 5.41) is 0. The molecule has 34 heavy (non-hydrogen) atoms. The fourth-order valence-electron chi connectivity index (χ4n) is 4.54. The molecule has 4 heteroatoms. The van der Waals surface area contributed by atoms with Gasteiger partial charge in [0.05, 0.1) is 0 Å². The lowest BCUT2D eigenvalue weighted by molar-refractivity contribution is 0.619. The number of benzene rings is 4. The van der Waals surface area contributed by atoms with E-state index < -0.39 is 0 Å². The number of aromatic nitrogens is 2. The largest absolute Gasteiger partial charge is 0.436 e. The average molecular weight is 445 g/mol. The van der Waals surface area contributed by atoms with Crippen molar-refractivity contribution in [3.8, 4) is 22.9 Å². The van der Waals surface area contributed by atoms with Crippen molar-refractivity contribution in [2.45, 2.75) is 26.7 Å². The average Bonchev–Trinajstić information content (AvgIpc) is 3.46. The molecule has 2 heterocycles. The molecule has 0 atom stereocenters. The summed E-state index contributed by atoms with van der Waals surface area (Å²) < 4.78 is 12.0. The van der Waals surface area contributed by atoms with Crippen molar-refractivity contribution in [3.05, 3.63) is 107 Å². The fourth-order valence-corrected chi connectivity index (χ4v) is 4.54. The Morgan fingerprint density at radius 1 is 0.559 bits per heavy atom. The molecule has 0 fully saturated rings. The van der Waals surface area contributed by atoms with Gasteiger partial charge in [-0.05, 0) is 86.3 Å². The molecular formula is C30H24N2O2. The van der Waals surface area contributed by atoms with E-state index in [1.54, 1.807) is 0 Å². The van der Waals surface area contributed by atoms with Crippen molar-refractivity contribution >= 4 is 22.2 Å². The molecule has 0 spiro atoms. The van der Waals surface area contributed by atoms with E-state index in [1.165, 1.54) is 22.3 Å². The Bertz CT molecular complexity index is 1450. The van der Waals surface area contributed by atoms with Crippen LogP contribution in [0.1, 0.15) is 22.3 Å². The molecule has 0 amide bonds. The number of para-hydroxylation sites is 4. The van der Waals surface area contributed by atoms with Crippen molar-refractivity contribution in [2.75, 3.05) is 0 Å². The number of hydrogen-bond acceptors (Lipinski definition) is 4. The third-order valence-corrected chi connectivity index (χ3v) is 6.06. The standard InChI is InChI=1S/C30H24N2O2/c1-19-13-21(17-23(15-19)29-31-25-7-3-5-9-27(25)33-29)11-12-22-14-20(2)16-24(18-22)30-32-26-8-4-6-10-28(26)34-30/h3-10,13-18H,11-12H2,1-2H3. The van der Waals surface area contributed by atoms with E-state index in [2.05, 4.69) is 60.2 Å². The molecule has 6 aromatic rings. The molecule has 4 aromatic carbocycles. The molecule has 0 N–H and O–H groups in total. The number of fused-ring (bicyclic) bond motifs is 2. The lowest BCUT2D eigenvalue weighted by Crippen LogP contribution is -1.95. The Morgan fingerprint density at radius 3 is 1.44 bits per heavy atom. The second kappa shape index (κ2) is 8.31. The van der Waals surface area contributed by atoms with E-state index in [0.717, 1.165) is 46.2 Å². The summed E-state index contributed by atoms with van der Waals surface area (Å²) in [4.78, 5) is 9.35. The van der Waals surface area contributed by atoms with Crippen LogP contribution in [0.3, 0.4) is 0 Å². The van der Waals surface area contributed by atoms with E-state index in [1.807, 2.05) is 48.5 Å². The lowest BCUT2D eigenvalue weighted by atomic mass is 9.98. The maximum absolute atomic E-state index is 6.00. The number of rotatable bonds is 5. The summed E-state index contributed by atoms with van der Waals surface area (Å²) in [5.41, 5.74) is 10.4. The molecule has 0 unspecified atom stereocenters. The number of aryl methyl sites for hydroxylation is 4. The van der Waals surface area contributed by atoms with Crippen molar-refractivity contribution in [1.82, 2.24) is 9.97 Å². The predicted octanol–water partition coefficient (Wildman–Crippen LogP) is 7.71. The van der Waals surface area contributed by atoms with E-state index in [0.29, 0.717) is 11.8 Å². The van der Waals surface area contributed by atoms with Gasteiger partial charge in [0, 0.05) is 11.1 Å². The monoisotopic (exact) mass is 444 g/mol. The Hall–Kier alpha value is -4.18. The minimum absolute atomic E-state index is 0.667. The highest BCUT2D eigenvalue weighted by atomic mass is 16.4. The van der Waals surface area contributed by atoms with Gasteiger partial charge in [-0.25, -0.2) is 9.97 Å². The fraction of sp³-hybridized carbons (Fsp3) is 0.133. The topological polar surface area (TPSA) is 52.1 Å². The van der Waals surface area contributed by atoms with E-state index in [9.17, 15) is 0 Å². The van der Waals surface area contributed by atoms with Gasteiger partial charge < -0.3 is 8.83 Å². The summed E-state index contributed by atoms with van der Waals surface area (Å²) in [5.74, 6) is 1.33. The van der Waals surface area contributed by atoms with Crippen molar-refractivity contribution in [3.63, 3.8) is 0 Å². The number of nitrogens with zero attached hydrogens (tertiary/aromatic N) is 2. The van der Waals surface area contributed by atoms with Crippen molar-refractivity contribution in [1.29, 1.82) is 0 Å². The van der Waals surface area contributed by atoms with Gasteiger partial charge in [0.1, 0.15) is 11.0 Å². The van der Waals surface area contributed by atoms with Gasteiger partial charge in [0.15, 0.2) is 11.2 Å². The molecular weight excluding hydrogens is 420 g/mol. The van der Waals surface area contributed by atoms with Crippen LogP contribution in [-0.2, 0) is 12.8 Å². The first-order chi connectivity index (χ1) is 16.6. The molecule has 0 bridgehead atoms. The van der Waals surface area contributed by atoms with Crippen LogP contribution < -0.4 is 0 Å². The minimum atomic E-state index is 0.667. The van der Waals surface area contributed by atoms with Gasteiger partial charge >= 0.3 is 0 Å². The Kier molecular flexibility index (Phi) is 4.99. The van der Waals surface area contributed by atoms with Gasteiger partial charge in [-0.1, -0.05) is 47.5 Å². The molecule has 4 nitrogen and oxygen atoms in total. The van der Waals surface area contributed by atoms with E-state index in [4.69, 9.17) is 8.83 Å². The second-order valence-electron chi connectivity index (χ2n) is 8.89. The molecule has 0 aliphatic carbocycles. The first-order valence-corrected chi connectivity index (χ1v) is 11.5. The third-order valence-electron chi connectivity index (χ3n) is 6.06. The molecule has 6 rings (SSSR count). The van der Waals surface area contributed by atoms with Crippen LogP contribution in [0.4, 0.5) is 0 Å². The molecule has 2 aromatic heterocycles. The zero-order valence-corrected chi connectivity index (χ0v) is 19.2. The Labute approximate surface area is 197 Å². The number of hydrogen-bond donors (Lipinski definition) is 0. The summed E-state index contributed by atoms with van der Waals surface area (Å²) in [7, 11) is 0. The first kappa shape index (κ1) is 20.4. The van der Waals surface area contributed by atoms with Gasteiger partial charge in [0.2, 0.25) is 11.8 Å². The third kappa shape index (κ3) is 3.99. The maximum atomic E-state index is 6.00. The predicted molar refractivity (Wildman–Crippen MR) is 136 cm³/mol. The highest BCUT2D eigenvalue weighted by Crippen LogP contribution is 2.28. The van der Waals surface area contributed by atoms with E-state index in [-0.39, 0.29) is 0 Å². The Morgan fingerprint density at radius 2 is 1.00 bits per heavy atom. The van der Waals surface area contributed by atoms with Crippen LogP contribution in [0, 0.1) is 13.8 Å². The highest BCUT2D eigenvalue weighted by molar-refractivity contribution is 5.77. The van der Waals surface area contributed by atoms with Gasteiger partial charge in [-0.15, -0.1) is 0 Å². The smallest absolute Gasteiger partial charge is 0.227 e. The second-order valence-corrected chi connectivity index (χ2v) is 8.89. The molecule has 0 radical (unpaired) electrons.